The number of aliphatic hydroxyl groups is 1. The molecular weight excluding hydrogens is 1480 g/mol. The maximum Gasteiger partial charge on any atom is 0.194 e. The van der Waals surface area contributed by atoms with Gasteiger partial charge in [-0.15, -0.1) is 0 Å². The predicted molar refractivity (Wildman–Crippen MR) is 366 cm³/mol. The monoisotopic (exact) mass is 1520 g/mol. The van der Waals surface area contributed by atoms with E-state index in [1.54, 1.807) is 36.4 Å². The number of rotatable bonds is 4. The average Bonchev–Trinajstić information content (AvgIpc) is 3.52. The van der Waals surface area contributed by atoms with Gasteiger partial charge in [0.1, 0.15) is 5.60 Å². The number of ketones is 2. The van der Waals surface area contributed by atoms with E-state index in [-0.39, 0.29) is 11.6 Å². The topological polar surface area (TPSA) is 54.4 Å². The van der Waals surface area contributed by atoms with Crippen molar-refractivity contribution in [1.29, 1.82) is 0 Å². The molecule has 0 saturated carbocycles. The number of benzene rings is 12. The predicted octanol–water partition coefficient (Wildman–Crippen LogP) is 22.5. The van der Waals surface area contributed by atoms with Crippen LogP contribution in [0.2, 0.25) is 0 Å². The third-order valence-corrected chi connectivity index (χ3v) is 18.7. The fourth-order valence-corrected chi connectivity index (χ4v) is 13.8. The number of carbonyl (C=O) groups is 2. The second-order valence-electron chi connectivity index (χ2n) is 20.1. The Morgan fingerprint density at radius 3 is 1.07 bits per heavy atom. The summed E-state index contributed by atoms with van der Waals surface area (Å²) in [6, 6.07) is 87.8. The molecule has 2 aliphatic rings. The highest BCUT2D eigenvalue weighted by atomic mass is 79.9. The van der Waals surface area contributed by atoms with Gasteiger partial charge >= 0.3 is 0 Å². The summed E-state index contributed by atoms with van der Waals surface area (Å²) in [6.45, 7) is 2.25. The van der Waals surface area contributed by atoms with E-state index in [9.17, 15) is 14.7 Å². The normalized spacial score (nSPS) is 15.4. The van der Waals surface area contributed by atoms with Gasteiger partial charge in [0.25, 0.3) is 0 Å². The van der Waals surface area contributed by atoms with E-state index in [0.717, 1.165) is 59.1 Å². The molecule has 1 N–H and O–H groups in total. The van der Waals surface area contributed by atoms with Crippen LogP contribution in [0.5, 0.6) is 0 Å². The van der Waals surface area contributed by atoms with Crippen molar-refractivity contribution in [2.45, 2.75) is 17.9 Å². The third-order valence-electron chi connectivity index (χ3n) is 15.2. The summed E-state index contributed by atoms with van der Waals surface area (Å²) in [4.78, 5) is 24.7. The van der Waals surface area contributed by atoms with Crippen molar-refractivity contribution < 1.29 is 14.7 Å². The van der Waals surface area contributed by atoms with E-state index < -0.39 is 11.0 Å². The molecule has 406 valence electrons. The largest absolute Gasteiger partial charge is 0.376 e. The molecule has 2 atom stereocenters. The Hall–Kier alpha value is -6.18. The lowest BCUT2D eigenvalue weighted by Crippen LogP contribution is -2.42. The smallest absolute Gasteiger partial charge is 0.194 e. The van der Waals surface area contributed by atoms with Gasteiger partial charge in [0, 0.05) is 59.0 Å². The lowest BCUT2D eigenvalue weighted by Gasteiger charge is -2.46. The Kier molecular flexibility index (Phi) is 17.8. The minimum absolute atomic E-state index is 0.103. The van der Waals surface area contributed by atoms with Gasteiger partial charge < -0.3 is 5.11 Å². The SMILES string of the molecule is Brc1ccc2c(-c3ccccc3)c3cc(Br)ccc3c(-c3ccccc3)c2c1.Brc1ccccc1.CC1(c2ccccc2)c2cc(Br)ccc2C(O)(c2ccccc2)c2cc(Br)ccc21.O=C1c2ccc(Br)cc2C(=O)c2ccc(Br)cc21. The van der Waals surface area contributed by atoms with Gasteiger partial charge in [0.2, 0.25) is 0 Å². The van der Waals surface area contributed by atoms with Crippen LogP contribution in [0.1, 0.15) is 72.1 Å². The van der Waals surface area contributed by atoms with Crippen molar-refractivity contribution in [3.63, 3.8) is 0 Å². The second-order valence-corrected chi connectivity index (χ2v) is 26.6. The van der Waals surface area contributed by atoms with Crippen molar-refractivity contribution in [3.8, 4) is 22.3 Å². The van der Waals surface area contributed by atoms with E-state index in [2.05, 4.69) is 270 Å². The van der Waals surface area contributed by atoms with Crippen molar-refractivity contribution in [3.05, 3.63) is 348 Å². The van der Waals surface area contributed by atoms with Gasteiger partial charge in [0.15, 0.2) is 11.6 Å². The zero-order chi connectivity index (χ0) is 58.0. The molecule has 10 heteroatoms. The Morgan fingerprint density at radius 2 is 0.639 bits per heavy atom. The van der Waals surface area contributed by atoms with E-state index in [0.29, 0.717) is 22.3 Å². The quantitative estimate of drug-likeness (QED) is 0.179. The molecule has 12 aromatic rings. The lowest BCUT2D eigenvalue weighted by molar-refractivity contribution is 0.0979. The lowest BCUT2D eigenvalue weighted by atomic mass is 9.59. The summed E-state index contributed by atoms with van der Waals surface area (Å²) in [5, 5.41) is 17.4. The van der Waals surface area contributed by atoms with Gasteiger partial charge in [-0.05, 0) is 181 Å². The number of hydrogen-bond donors (Lipinski definition) is 1. The molecule has 12 aromatic carbocycles. The van der Waals surface area contributed by atoms with Gasteiger partial charge in [-0.25, -0.2) is 0 Å². The van der Waals surface area contributed by atoms with Crippen LogP contribution in [-0.2, 0) is 11.0 Å². The highest BCUT2D eigenvalue weighted by molar-refractivity contribution is 9.11. The average molecular weight is 1530 g/mol. The molecule has 0 heterocycles. The zero-order valence-electron chi connectivity index (χ0n) is 44.2. The molecule has 14 rings (SSSR count). The molecule has 2 aliphatic carbocycles. The first-order valence-electron chi connectivity index (χ1n) is 26.4. The van der Waals surface area contributed by atoms with E-state index >= 15 is 0 Å². The molecule has 0 aromatic heterocycles. The maximum absolute atomic E-state index is 12.4. The summed E-state index contributed by atoms with van der Waals surface area (Å²) in [5.41, 5.74) is 11.3. The molecule has 0 radical (unpaired) electrons. The minimum atomic E-state index is -1.25. The van der Waals surface area contributed by atoms with Crippen molar-refractivity contribution in [2.24, 2.45) is 0 Å². The zero-order valence-corrected chi connectivity index (χ0v) is 55.3. The first kappa shape index (κ1) is 58.6. The summed E-state index contributed by atoms with van der Waals surface area (Å²) in [7, 11) is 0. The van der Waals surface area contributed by atoms with Gasteiger partial charge in [-0.3, -0.25) is 9.59 Å². The van der Waals surface area contributed by atoms with Crippen molar-refractivity contribution >= 4 is 145 Å². The van der Waals surface area contributed by atoms with Crippen LogP contribution in [0, 0.1) is 0 Å². The fourth-order valence-electron chi connectivity index (χ4n) is 11.4. The number of hydrogen-bond acceptors (Lipinski definition) is 3. The van der Waals surface area contributed by atoms with Gasteiger partial charge in [-0.2, -0.15) is 0 Å². The Morgan fingerprint density at radius 1 is 0.289 bits per heavy atom. The minimum Gasteiger partial charge on any atom is -0.376 e. The summed E-state index contributed by atoms with van der Waals surface area (Å²) in [6.07, 6.45) is 0. The number of fused-ring (bicyclic) bond motifs is 6. The first-order chi connectivity index (χ1) is 40.1. The molecule has 3 nitrogen and oxygen atoms in total. The molecular formula is C73H47Br7O3. The van der Waals surface area contributed by atoms with Crippen molar-refractivity contribution in [2.75, 3.05) is 0 Å². The number of carbonyl (C=O) groups excluding carboxylic acids is 2. The van der Waals surface area contributed by atoms with E-state index in [1.807, 2.05) is 72.8 Å². The van der Waals surface area contributed by atoms with Crippen molar-refractivity contribution in [1.82, 2.24) is 0 Å². The van der Waals surface area contributed by atoms with E-state index in [1.165, 1.54) is 49.4 Å². The molecule has 2 unspecified atom stereocenters. The van der Waals surface area contributed by atoms with Crippen LogP contribution in [0.25, 0.3) is 43.8 Å². The third kappa shape index (κ3) is 11.7. The Balaban J connectivity index is 0.000000126. The fraction of sp³-hybridized carbons (Fsp3) is 0.0411. The number of halogens is 7. The molecule has 0 saturated heterocycles. The van der Waals surface area contributed by atoms with Crippen LogP contribution >= 0.6 is 112 Å². The maximum atomic E-state index is 12.4. The van der Waals surface area contributed by atoms with Crippen LogP contribution < -0.4 is 0 Å². The summed E-state index contributed by atoms with van der Waals surface area (Å²) < 4.78 is 6.85. The van der Waals surface area contributed by atoms with Crippen LogP contribution in [0.4, 0.5) is 0 Å². The van der Waals surface area contributed by atoms with Gasteiger partial charge in [-0.1, -0.05) is 275 Å². The standard InChI is InChI=1S/C27H20Br2O.C26H16Br2.C14H6Br2O2.C6H5Br/c1-26(18-8-4-2-5-9-18)22-14-12-21(29)17-25(22)27(30,19-10-6-3-7-11-19)23-15-13-20(28)16-24(23)26;27-19-12-14-22-23(15-19)25(17-7-3-1-4-8-17)21-13-11-20(28)16-24(21)26(22)18-9-5-2-6-10-18;15-7-1-3-9-11(5-7)14(18)10-4-2-8(16)6-12(10)13(9)17;7-6-4-2-1-3-5-6/h2-17,30H,1H3;1-16H;1-6H;1-5H. The van der Waals surface area contributed by atoms with Crippen LogP contribution in [0.15, 0.2) is 292 Å². The Labute approximate surface area is 541 Å². The molecule has 83 heavy (non-hydrogen) atoms. The molecule has 0 spiro atoms. The summed E-state index contributed by atoms with van der Waals surface area (Å²) in [5.74, 6) is -0.207. The molecule has 0 bridgehead atoms. The van der Waals surface area contributed by atoms with Crippen LogP contribution in [-0.4, -0.2) is 16.7 Å². The second kappa shape index (κ2) is 25.2. The highest BCUT2D eigenvalue weighted by Gasteiger charge is 2.49. The molecule has 0 aliphatic heterocycles. The van der Waals surface area contributed by atoms with E-state index in [4.69, 9.17) is 0 Å². The molecule has 0 fully saturated rings. The highest BCUT2D eigenvalue weighted by Crippen LogP contribution is 2.55. The first-order valence-corrected chi connectivity index (χ1v) is 32.0. The summed E-state index contributed by atoms with van der Waals surface area (Å²) >= 11 is 24.6. The molecule has 0 amide bonds. The Bertz CT molecular complexity index is 4140. The van der Waals surface area contributed by atoms with Crippen LogP contribution in [0.3, 0.4) is 0 Å². The van der Waals surface area contributed by atoms with Gasteiger partial charge in [0.05, 0.1) is 0 Å².